The molecule has 1 saturated heterocycles. The molecule has 0 unspecified atom stereocenters. The van der Waals surface area contributed by atoms with Gasteiger partial charge in [-0.2, -0.15) is 0 Å². The van der Waals surface area contributed by atoms with E-state index in [2.05, 4.69) is 0 Å². The van der Waals surface area contributed by atoms with Crippen molar-refractivity contribution in [3.8, 4) is 0 Å². The van der Waals surface area contributed by atoms with Crippen LogP contribution in [0.5, 0.6) is 0 Å². The standard InChI is InChI=1S/C9H8O3/c10-5-7-1-3-8(4-2-7)9-11-6-12-9/h1-5,9H,6H2. The molecule has 0 aromatic heterocycles. The van der Waals surface area contributed by atoms with Crippen molar-refractivity contribution in [2.24, 2.45) is 0 Å². The molecule has 12 heavy (non-hydrogen) atoms. The molecule has 1 aromatic rings. The maximum absolute atomic E-state index is 10.3. The zero-order chi connectivity index (χ0) is 8.39. The molecule has 1 aliphatic rings. The lowest BCUT2D eigenvalue weighted by molar-refractivity contribution is -0.326. The highest BCUT2D eigenvalue weighted by Crippen LogP contribution is 2.25. The minimum atomic E-state index is -0.231. The second-order valence-corrected chi connectivity index (χ2v) is 2.57. The molecule has 1 aliphatic heterocycles. The molecular formula is C9H8O3. The Morgan fingerprint density at radius 2 is 1.92 bits per heavy atom. The zero-order valence-electron chi connectivity index (χ0n) is 6.40. The van der Waals surface area contributed by atoms with E-state index in [1.54, 1.807) is 12.1 Å². The average molecular weight is 164 g/mol. The van der Waals surface area contributed by atoms with Crippen molar-refractivity contribution in [1.82, 2.24) is 0 Å². The highest BCUT2D eigenvalue weighted by Gasteiger charge is 2.20. The summed E-state index contributed by atoms with van der Waals surface area (Å²) in [6.45, 7) is 0.361. The molecule has 0 spiro atoms. The molecule has 0 bridgehead atoms. The van der Waals surface area contributed by atoms with Gasteiger partial charge in [-0.15, -0.1) is 0 Å². The first-order valence-electron chi connectivity index (χ1n) is 3.68. The van der Waals surface area contributed by atoms with E-state index in [-0.39, 0.29) is 6.29 Å². The van der Waals surface area contributed by atoms with Crippen LogP contribution in [-0.4, -0.2) is 13.1 Å². The fourth-order valence-electron chi connectivity index (χ4n) is 1.06. The van der Waals surface area contributed by atoms with E-state index in [1.165, 1.54) is 0 Å². The summed E-state index contributed by atoms with van der Waals surface area (Å²) >= 11 is 0. The maximum Gasteiger partial charge on any atom is 0.189 e. The van der Waals surface area contributed by atoms with Crippen molar-refractivity contribution >= 4 is 6.29 Å². The van der Waals surface area contributed by atoms with Gasteiger partial charge in [-0.1, -0.05) is 24.3 Å². The van der Waals surface area contributed by atoms with Gasteiger partial charge in [-0.3, -0.25) is 4.79 Å². The van der Waals surface area contributed by atoms with Crippen molar-refractivity contribution in [1.29, 1.82) is 0 Å². The summed E-state index contributed by atoms with van der Waals surface area (Å²) in [6, 6.07) is 7.14. The van der Waals surface area contributed by atoms with Gasteiger partial charge in [0.25, 0.3) is 0 Å². The lowest BCUT2D eigenvalue weighted by Crippen LogP contribution is -2.21. The highest BCUT2D eigenvalue weighted by molar-refractivity contribution is 5.74. The first kappa shape index (κ1) is 7.46. The van der Waals surface area contributed by atoms with Crippen LogP contribution in [0.4, 0.5) is 0 Å². The van der Waals surface area contributed by atoms with Crippen molar-refractivity contribution in [2.45, 2.75) is 6.29 Å². The van der Waals surface area contributed by atoms with Crippen LogP contribution in [-0.2, 0) is 9.47 Å². The molecule has 0 radical (unpaired) electrons. The summed E-state index contributed by atoms with van der Waals surface area (Å²) in [4.78, 5) is 10.3. The molecule has 0 atom stereocenters. The first-order valence-corrected chi connectivity index (χ1v) is 3.68. The lowest BCUT2D eigenvalue weighted by atomic mass is 10.1. The van der Waals surface area contributed by atoms with Gasteiger partial charge < -0.3 is 9.47 Å². The third-order valence-electron chi connectivity index (χ3n) is 1.78. The Labute approximate surface area is 69.9 Å². The molecule has 3 heteroatoms. The fourth-order valence-corrected chi connectivity index (χ4v) is 1.06. The molecule has 1 fully saturated rings. The Morgan fingerprint density at radius 1 is 1.25 bits per heavy atom. The molecule has 1 heterocycles. The SMILES string of the molecule is O=Cc1ccc(C2OCO2)cc1. The third-order valence-corrected chi connectivity index (χ3v) is 1.78. The van der Waals surface area contributed by atoms with Crippen molar-refractivity contribution in [3.63, 3.8) is 0 Å². The molecular weight excluding hydrogens is 156 g/mol. The number of hydrogen-bond donors (Lipinski definition) is 0. The van der Waals surface area contributed by atoms with Crippen LogP contribution in [0, 0.1) is 0 Å². The van der Waals surface area contributed by atoms with Crippen molar-refractivity contribution in [3.05, 3.63) is 35.4 Å². The summed E-state index contributed by atoms with van der Waals surface area (Å²) in [5.74, 6) is 0. The lowest BCUT2D eigenvalue weighted by Gasteiger charge is -2.26. The Balaban J connectivity index is 2.18. The summed E-state index contributed by atoms with van der Waals surface area (Å²) < 4.78 is 10.2. The quantitative estimate of drug-likeness (QED) is 0.621. The van der Waals surface area contributed by atoms with Gasteiger partial charge in [-0.25, -0.2) is 0 Å². The van der Waals surface area contributed by atoms with Gasteiger partial charge in [0.15, 0.2) is 13.1 Å². The van der Waals surface area contributed by atoms with Gasteiger partial charge in [0.2, 0.25) is 0 Å². The van der Waals surface area contributed by atoms with E-state index in [9.17, 15) is 4.79 Å². The van der Waals surface area contributed by atoms with Crippen LogP contribution < -0.4 is 0 Å². The van der Waals surface area contributed by atoms with Gasteiger partial charge in [0.05, 0.1) is 0 Å². The predicted molar refractivity (Wildman–Crippen MR) is 41.6 cm³/mol. The monoisotopic (exact) mass is 164 g/mol. The Morgan fingerprint density at radius 3 is 2.33 bits per heavy atom. The van der Waals surface area contributed by atoms with Crippen LogP contribution in [0.25, 0.3) is 0 Å². The molecule has 0 amide bonds. The molecule has 1 aromatic carbocycles. The van der Waals surface area contributed by atoms with Crippen LogP contribution in [0.15, 0.2) is 24.3 Å². The van der Waals surface area contributed by atoms with Gasteiger partial charge >= 0.3 is 0 Å². The normalized spacial score (nSPS) is 17.0. The number of aldehydes is 1. The molecule has 3 nitrogen and oxygen atoms in total. The van der Waals surface area contributed by atoms with Gasteiger partial charge in [0, 0.05) is 11.1 Å². The number of benzene rings is 1. The highest BCUT2D eigenvalue weighted by atomic mass is 16.8. The first-order chi connectivity index (χ1) is 5.90. The zero-order valence-corrected chi connectivity index (χ0v) is 6.40. The largest absolute Gasteiger partial charge is 0.322 e. The smallest absolute Gasteiger partial charge is 0.189 e. The van der Waals surface area contributed by atoms with Crippen molar-refractivity contribution < 1.29 is 14.3 Å². The second-order valence-electron chi connectivity index (χ2n) is 2.57. The van der Waals surface area contributed by atoms with Crippen molar-refractivity contribution in [2.75, 3.05) is 6.79 Å². The number of rotatable bonds is 2. The van der Waals surface area contributed by atoms with Crippen LogP contribution >= 0.6 is 0 Å². The van der Waals surface area contributed by atoms with Crippen LogP contribution in [0.3, 0.4) is 0 Å². The summed E-state index contributed by atoms with van der Waals surface area (Å²) in [5, 5.41) is 0. The molecule has 62 valence electrons. The molecule has 0 saturated carbocycles. The van der Waals surface area contributed by atoms with Gasteiger partial charge in [-0.05, 0) is 0 Å². The minimum absolute atomic E-state index is 0.231. The molecule has 0 aliphatic carbocycles. The number of hydrogen-bond acceptors (Lipinski definition) is 3. The van der Waals surface area contributed by atoms with E-state index >= 15 is 0 Å². The Hall–Kier alpha value is -1.19. The molecule has 2 rings (SSSR count). The van der Waals surface area contributed by atoms with Gasteiger partial charge in [0.1, 0.15) is 6.29 Å². The minimum Gasteiger partial charge on any atom is -0.322 e. The van der Waals surface area contributed by atoms with E-state index in [0.717, 1.165) is 11.8 Å². The summed E-state index contributed by atoms with van der Waals surface area (Å²) in [7, 11) is 0. The number of carbonyl (C=O) groups excluding carboxylic acids is 1. The van der Waals surface area contributed by atoms with E-state index < -0.39 is 0 Å². The topological polar surface area (TPSA) is 35.5 Å². The maximum atomic E-state index is 10.3. The van der Waals surface area contributed by atoms with E-state index in [4.69, 9.17) is 9.47 Å². The third kappa shape index (κ3) is 1.24. The van der Waals surface area contributed by atoms with Crippen LogP contribution in [0.1, 0.15) is 22.2 Å². The Kier molecular flexibility index (Phi) is 1.89. The fraction of sp³-hybridized carbons (Fsp3) is 0.222. The van der Waals surface area contributed by atoms with E-state index in [1.807, 2.05) is 12.1 Å². The second kappa shape index (κ2) is 3.05. The number of carbonyl (C=O) groups is 1. The molecule has 0 N–H and O–H groups in total. The summed E-state index contributed by atoms with van der Waals surface area (Å²) in [6.07, 6.45) is 0.581. The van der Waals surface area contributed by atoms with E-state index in [0.29, 0.717) is 12.4 Å². The predicted octanol–water partition coefficient (Wildman–Crippen LogP) is 1.50. The summed E-state index contributed by atoms with van der Waals surface area (Å²) in [5.41, 5.74) is 1.62. The Bertz CT molecular complexity index is 274. The van der Waals surface area contributed by atoms with Crippen LogP contribution in [0.2, 0.25) is 0 Å². The average Bonchev–Trinajstić information content (AvgIpc) is 2.03. The number of ether oxygens (including phenoxy) is 2.